The fourth-order valence-corrected chi connectivity index (χ4v) is 2.68. The first kappa shape index (κ1) is 19.0. The minimum absolute atomic E-state index is 0.0852. The van der Waals surface area contributed by atoms with Gasteiger partial charge in [-0.15, -0.1) is 0 Å². The molecular formula is C16H18F3NO5. The van der Waals surface area contributed by atoms with Gasteiger partial charge in [0.25, 0.3) is 5.91 Å². The van der Waals surface area contributed by atoms with Crippen molar-refractivity contribution in [1.82, 2.24) is 4.90 Å². The Labute approximate surface area is 142 Å². The van der Waals surface area contributed by atoms with Crippen molar-refractivity contribution in [1.29, 1.82) is 0 Å². The van der Waals surface area contributed by atoms with Crippen molar-refractivity contribution in [3.8, 4) is 5.75 Å². The molecule has 1 atom stereocenters. The van der Waals surface area contributed by atoms with Crippen LogP contribution in [0.2, 0.25) is 0 Å². The van der Waals surface area contributed by atoms with Gasteiger partial charge in [0.05, 0.1) is 12.2 Å². The number of para-hydroxylation sites is 1. The molecule has 1 aromatic rings. The van der Waals surface area contributed by atoms with E-state index in [2.05, 4.69) is 0 Å². The molecule has 0 bridgehead atoms. The third kappa shape index (κ3) is 3.71. The summed E-state index contributed by atoms with van der Waals surface area (Å²) < 4.78 is 50.0. The second-order valence-corrected chi connectivity index (χ2v) is 5.70. The van der Waals surface area contributed by atoms with E-state index >= 15 is 0 Å². The number of carboxylic acids is 1. The van der Waals surface area contributed by atoms with E-state index in [4.69, 9.17) is 14.6 Å². The first-order chi connectivity index (χ1) is 11.7. The first-order valence-corrected chi connectivity index (χ1v) is 7.53. The molecule has 0 aromatic heterocycles. The summed E-state index contributed by atoms with van der Waals surface area (Å²) in [6.45, 7) is -0.765. The number of methoxy groups -OCH3 is 1. The average Bonchev–Trinajstić information content (AvgIpc) is 3.01. The SMILES string of the molecule is COCCOc1ccccc1C(=O)N1CCC(C(=O)O)(C(F)(F)F)C1. The summed E-state index contributed by atoms with van der Waals surface area (Å²) in [5, 5.41) is 9.07. The van der Waals surface area contributed by atoms with E-state index in [1.807, 2.05) is 0 Å². The number of hydrogen-bond donors (Lipinski definition) is 1. The maximum Gasteiger partial charge on any atom is 0.406 e. The number of carbonyl (C=O) groups is 2. The van der Waals surface area contributed by atoms with Gasteiger partial charge in [-0.1, -0.05) is 12.1 Å². The zero-order valence-corrected chi connectivity index (χ0v) is 13.5. The lowest BCUT2D eigenvalue weighted by molar-refractivity contribution is -0.227. The second-order valence-electron chi connectivity index (χ2n) is 5.70. The van der Waals surface area contributed by atoms with Crippen molar-refractivity contribution in [2.24, 2.45) is 5.41 Å². The zero-order valence-electron chi connectivity index (χ0n) is 13.5. The molecule has 6 nitrogen and oxygen atoms in total. The third-order valence-electron chi connectivity index (χ3n) is 4.17. The molecule has 1 aliphatic rings. The minimum atomic E-state index is -4.94. The Morgan fingerprint density at radius 3 is 2.52 bits per heavy atom. The minimum Gasteiger partial charge on any atom is -0.490 e. The predicted octanol–water partition coefficient (Wildman–Crippen LogP) is 2.19. The summed E-state index contributed by atoms with van der Waals surface area (Å²) in [5.74, 6) is -2.45. The van der Waals surface area contributed by atoms with E-state index in [1.165, 1.54) is 19.2 Å². The van der Waals surface area contributed by atoms with Crippen LogP contribution < -0.4 is 4.74 Å². The van der Waals surface area contributed by atoms with Crippen LogP contribution in [-0.4, -0.2) is 61.5 Å². The van der Waals surface area contributed by atoms with Crippen LogP contribution in [0.5, 0.6) is 5.75 Å². The summed E-state index contributed by atoms with van der Waals surface area (Å²) in [6.07, 6.45) is -5.62. The van der Waals surface area contributed by atoms with Gasteiger partial charge in [-0.25, -0.2) is 0 Å². The Morgan fingerprint density at radius 1 is 1.28 bits per heavy atom. The molecule has 1 unspecified atom stereocenters. The average molecular weight is 361 g/mol. The molecule has 0 saturated carbocycles. The van der Waals surface area contributed by atoms with E-state index in [0.29, 0.717) is 0 Å². The molecule has 1 fully saturated rings. The van der Waals surface area contributed by atoms with Crippen LogP contribution in [0.4, 0.5) is 13.2 Å². The molecule has 1 N–H and O–H groups in total. The molecule has 1 amide bonds. The van der Waals surface area contributed by atoms with Gasteiger partial charge in [0, 0.05) is 20.2 Å². The summed E-state index contributed by atoms with van der Waals surface area (Å²) in [5.41, 5.74) is -2.85. The van der Waals surface area contributed by atoms with Crippen molar-refractivity contribution >= 4 is 11.9 Å². The number of carboxylic acid groups (broad SMARTS) is 1. The number of amides is 1. The largest absolute Gasteiger partial charge is 0.490 e. The van der Waals surface area contributed by atoms with Gasteiger partial charge >= 0.3 is 12.1 Å². The van der Waals surface area contributed by atoms with E-state index in [9.17, 15) is 22.8 Å². The number of ether oxygens (including phenoxy) is 2. The highest BCUT2D eigenvalue weighted by molar-refractivity contribution is 5.97. The van der Waals surface area contributed by atoms with E-state index in [1.54, 1.807) is 12.1 Å². The fraction of sp³-hybridized carbons (Fsp3) is 0.500. The summed E-state index contributed by atoms with van der Waals surface area (Å²) in [7, 11) is 1.48. The van der Waals surface area contributed by atoms with Crippen LogP contribution in [0, 0.1) is 5.41 Å². The number of benzene rings is 1. The number of likely N-dealkylation sites (tertiary alicyclic amines) is 1. The second kappa shape index (κ2) is 7.30. The molecule has 1 heterocycles. The van der Waals surface area contributed by atoms with Crippen molar-refractivity contribution in [3.63, 3.8) is 0 Å². The van der Waals surface area contributed by atoms with Gasteiger partial charge in [0.15, 0.2) is 5.41 Å². The molecular weight excluding hydrogens is 343 g/mol. The summed E-state index contributed by atoms with van der Waals surface area (Å²) in [6, 6.07) is 6.13. The molecule has 1 aliphatic heterocycles. The van der Waals surface area contributed by atoms with Crippen molar-refractivity contribution in [3.05, 3.63) is 29.8 Å². The fourth-order valence-electron chi connectivity index (χ4n) is 2.68. The topological polar surface area (TPSA) is 76.1 Å². The maximum absolute atomic E-state index is 13.2. The molecule has 0 radical (unpaired) electrons. The van der Waals surface area contributed by atoms with Gasteiger partial charge in [-0.05, 0) is 18.6 Å². The van der Waals surface area contributed by atoms with Crippen LogP contribution in [0.1, 0.15) is 16.8 Å². The Morgan fingerprint density at radius 2 is 1.96 bits per heavy atom. The van der Waals surface area contributed by atoms with Crippen LogP contribution in [0.15, 0.2) is 24.3 Å². The standard InChI is InChI=1S/C16H18F3NO5/c1-24-8-9-25-12-5-3-2-4-11(12)13(21)20-7-6-15(10-20,14(22)23)16(17,18)19/h2-5H,6-10H2,1H3,(H,22,23). The highest BCUT2D eigenvalue weighted by Crippen LogP contribution is 2.46. The Bertz CT molecular complexity index is 649. The Hall–Kier alpha value is -2.29. The number of carbonyl (C=O) groups excluding carboxylic acids is 1. The lowest BCUT2D eigenvalue weighted by Crippen LogP contribution is -2.47. The van der Waals surface area contributed by atoms with Gasteiger partial charge in [0.2, 0.25) is 0 Å². The predicted molar refractivity (Wildman–Crippen MR) is 80.5 cm³/mol. The molecule has 0 spiro atoms. The number of rotatable bonds is 6. The van der Waals surface area contributed by atoms with E-state index in [0.717, 1.165) is 4.90 Å². The Kier molecular flexibility index (Phi) is 5.56. The van der Waals surface area contributed by atoms with Crippen LogP contribution in [0.3, 0.4) is 0 Å². The van der Waals surface area contributed by atoms with E-state index < -0.39 is 36.4 Å². The number of alkyl halides is 3. The molecule has 138 valence electrons. The van der Waals surface area contributed by atoms with Crippen LogP contribution in [-0.2, 0) is 9.53 Å². The first-order valence-electron chi connectivity index (χ1n) is 7.53. The molecule has 1 saturated heterocycles. The van der Waals surface area contributed by atoms with Gasteiger partial charge < -0.3 is 19.5 Å². The highest BCUT2D eigenvalue weighted by atomic mass is 19.4. The summed E-state index contributed by atoms with van der Waals surface area (Å²) in [4.78, 5) is 24.7. The Balaban J connectivity index is 2.21. The molecule has 0 aliphatic carbocycles. The number of halogens is 3. The molecule has 2 rings (SSSR count). The van der Waals surface area contributed by atoms with E-state index in [-0.39, 0.29) is 31.1 Å². The lowest BCUT2D eigenvalue weighted by atomic mass is 9.86. The third-order valence-corrected chi connectivity index (χ3v) is 4.17. The number of aliphatic carboxylic acids is 1. The smallest absolute Gasteiger partial charge is 0.406 e. The highest BCUT2D eigenvalue weighted by Gasteiger charge is 2.64. The van der Waals surface area contributed by atoms with Gasteiger partial charge in [-0.3, -0.25) is 9.59 Å². The number of nitrogens with zero attached hydrogens (tertiary/aromatic N) is 1. The quantitative estimate of drug-likeness (QED) is 0.786. The molecule has 9 heteroatoms. The lowest BCUT2D eigenvalue weighted by Gasteiger charge is -2.27. The van der Waals surface area contributed by atoms with Crippen LogP contribution in [0.25, 0.3) is 0 Å². The van der Waals surface area contributed by atoms with Crippen molar-refractivity contribution in [2.45, 2.75) is 12.6 Å². The normalized spacial score (nSPS) is 20.6. The van der Waals surface area contributed by atoms with Crippen molar-refractivity contribution in [2.75, 3.05) is 33.4 Å². The maximum atomic E-state index is 13.2. The van der Waals surface area contributed by atoms with Crippen molar-refractivity contribution < 1.29 is 37.3 Å². The van der Waals surface area contributed by atoms with Crippen LogP contribution >= 0.6 is 0 Å². The monoisotopic (exact) mass is 361 g/mol. The summed E-state index contributed by atoms with van der Waals surface area (Å²) >= 11 is 0. The van der Waals surface area contributed by atoms with Gasteiger partial charge in [-0.2, -0.15) is 13.2 Å². The molecule has 25 heavy (non-hydrogen) atoms. The van der Waals surface area contributed by atoms with Gasteiger partial charge in [0.1, 0.15) is 12.4 Å². The molecule has 1 aromatic carbocycles. The number of hydrogen-bond acceptors (Lipinski definition) is 4. The zero-order chi connectivity index (χ0) is 18.7.